The number of amides is 2. The molecule has 1 aromatic carbocycles. The Labute approximate surface area is 135 Å². The lowest BCUT2D eigenvalue weighted by Crippen LogP contribution is -2.49. The fraction of sp³-hybridized carbons (Fsp3) is 0.533. The number of rotatable bonds is 1. The third-order valence-electron chi connectivity index (χ3n) is 4.50. The van der Waals surface area contributed by atoms with Gasteiger partial charge in [-0.1, -0.05) is 23.2 Å². The quantitative estimate of drug-likeness (QED) is 0.856. The van der Waals surface area contributed by atoms with Crippen LogP contribution in [0.2, 0.25) is 10.0 Å². The molecule has 0 aliphatic carbocycles. The van der Waals surface area contributed by atoms with E-state index >= 15 is 0 Å². The minimum absolute atomic E-state index is 0.0815. The number of hydrogen-bond donors (Lipinski definition) is 1. The molecule has 0 aromatic heterocycles. The number of nitrogens with one attached hydrogen (secondary N) is 1. The number of carbonyl (C=O) groups excluding carboxylic acids is 1. The maximum absolute atomic E-state index is 12.5. The third kappa shape index (κ3) is 3.12. The molecular weight excluding hydrogens is 309 g/mol. The number of urea groups is 1. The molecule has 4 nitrogen and oxygen atoms in total. The second-order valence-corrected chi connectivity index (χ2v) is 6.76. The molecule has 3 rings (SSSR count). The van der Waals surface area contributed by atoms with E-state index in [9.17, 15) is 4.79 Å². The number of hydrogen-bond acceptors (Lipinski definition) is 2. The third-order valence-corrected chi connectivity index (χ3v) is 5.06. The minimum atomic E-state index is -0.0815. The Balaban J connectivity index is 1.72. The van der Waals surface area contributed by atoms with E-state index in [4.69, 9.17) is 23.2 Å². The van der Waals surface area contributed by atoms with Crippen molar-refractivity contribution in [3.05, 3.63) is 28.2 Å². The van der Waals surface area contributed by atoms with E-state index in [2.05, 4.69) is 17.3 Å². The Morgan fingerprint density at radius 2 is 2.05 bits per heavy atom. The number of carbonyl (C=O) groups is 1. The van der Waals surface area contributed by atoms with Gasteiger partial charge in [0, 0.05) is 24.2 Å². The summed E-state index contributed by atoms with van der Waals surface area (Å²) in [4.78, 5) is 16.8. The van der Waals surface area contributed by atoms with Gasteiger partial charge in [0.25, 0.3) is 0 Å². The van der Waals surface area contributed by atoms with E-state index in [1.165, 1.54) is 6.42 Å². The maximum atomic E-state index is 12.5. The minimum Gasteiger partial charge on any atom is -0.320 e. The lowest BCUT2D eigenvalue weighted by Gasteiger charge is -2.36. The van der Waals surface area contributed by atoms with Crippen molar-refractivity contribution in [3.8, 4) is 0 Å². The van der Waals surface area contributed by atoms with Crippen LogP contribution in [0.15, 0.2) is 18.2 Å². The van der Waals surface area contributed by atoms with Gasteiger partial charge in [-0.3, -0.25) is 0 Å². The van der Waals surface area contributed by atoms with E-state index in [0.29, 0.717) is 27.7 Å². The van der Waals surface area contributed by atoms with Gasteiger partial charge >= 0.3 is 6.03 Å². The van der Waals surface area contributed by atoms with Gasteiger partial charge in [0.2, 0.25) is 0 Å². The lowest BCUT2D eigenvalue weighted by molar-refractivity contribution is 0.137. The van der Waals surface area contributed by atoms with Crippen LogP contribution in [0.25, 0.3) is 0 Å². The van der Waals surface area contributed by atoms with Crippen molar-refractivity contribution in [1.29, 1.82) is 0 Å². The molecule has 2 heterocycles. The molecule has 2 atom stereocenters. The van der Waals surface area contributed by atoms with Crippen molar-refractivity contribution >= 4 is 34.9 Å². The number of likely N-dealkylation sites (N-methyl/N-ethyl adjacent to an activating group) is 1. The van der Waals surface area contributed by atoms with Crippen molar-refractivity contribution in [2.75, 3.05) is 32.0 Å². The molecule has 6 heteroatoms. The fourth-order valence-electron chi connectivity index (χ4n) is 3.33. The van der Waals surface area contributed by atoms with Crippen LogP contribution in [-0.2, 0) is 0 Å². The van der Waals surface area contributed by atoms with E-state index in [-0.39, 0.29) is 6.03 Å². The van der Waals surface area contributed by atoms with Crippen molar-refractivity contribution in [2.24, 2.45) is 5.92 Å². The van der Waals surface area contributed by atoms with Gasteiger partial charge in [0.1, 0.15) is 0 Å². The standard InChI is InChI=1S/C15H19Cl2N3O/c1-19-6-4-10-5-7-20(14(10)9-19)15(21)18-13-8-11(16)2-3-12(13)17/h2-3,8,10,14H,4-7,9H2,1H3,(H,18,21)/t10-,14+/m1/s1. The summed E-state index contributed by atoms with van der Waals surface area (Å²) in [6, 6.07) is 5.31. The van der Waals surface area contributed by atoms with Crippen LogP contribution < -0.4 is 5.32 Å². The lowest BCUT2D eigenvalue weighted by atomic mass is 9.92. The van der Waals surface area contributed by atoms with Crippen LogP contribution in [0.5, 0.6) is 0 Å². The SMILES string of the molecule is CN1CC[C@@H]2CCN(C(=O)Nc3cc(Cl)ccc3Cl)[C@H]2C1. The molecule has 0 radical (unpaired) electrons. The van der Waals surface area contributed by atoms with Crippen LogP contribution >= 0.6 is 23.2 Å². The molecule has 1 N–H and O–H groups in total. The van der Waals surface area contributed by atoms with Gasteiger partial charge in [0.05, 0.1) is 10.7 Å². The molecule has 2 amide bonds. The monoisotopic (exact) mass is 327 g/mol. The second kappa shape index (κ2) is 6.03. The average molecular weight is 328 g/mol. The van der Waals surface area contributed by atoms with E-state index in [1.54, 1.807) is 18.2 Å². The molecule has 1 aromatic rings. The normalized spacial score (nSPS) is 25.8. The summed E-state index contributed by atoms with van der Waals surface area (Å²) in [6.07, 6.45) is 2.26. The average Bonchev–Trinajstić information content (AvgIpc) is 2.85. The van der Waals surface area contributed by atoms with E-state index in [1.807, 2.05) is 4.90 Å². The summed E-state index contributed by atoms with van der Waals surface area (Å²) in [5.41, 5.74) is 0.571. The number of benzene rings is 1. The molecule has 114 valence electrons. The first-order valence-electron chi connectivity index (χ1n) is 7.26. The fourth-order valence-corrected chi connectivity index (χ4v) is 3.67. The summed E-state index contributed by atoms with van der Waals surface area (Å²) in [5.74, 6) is 0.627. The molecule has 21 heavy (non-hydrogen) atoms. The zero-order valence-corrected chi connectivity index (χ0v) is 13.5. The Bertz CT molecular complexity index is 552. The van der Waals surface area contributed by atoms with Gasteiger partial charge < -0.3 is 15.1 Å². The Kier molecular flexibility index (Phi) is 4.29. The predicted octanol–water partition coefficient (Wildman–Crippen LogP) is 3.55. The summed E-state index contributed by atoms with van der Waals surface area (Å²) < 4.78 is 0. The number of halogens is 2. The van der Waals surface area contributed by atoms with Crippen LogP contribution in [0.3, 0.4) is 0 Å². The summed E-state index contributed by atoms with van der Waals surface area (Å²) in [6.45, 7) is 2.88. The van der Waals surface area contributed by atoms with Gasteiger partial charge in [-0.25, -0.2) is 4.79 Å². The highest BCUT2D eigenvalue weighted by Crippen LogP contribution is 2.32. The molecule has 2 aliphatic heterocycles. The Morgan fingerprint density at radius 1 is 1.29 bits per heavy atom. The maximum Gasteiger partial charge on any atom is 0.322 e. The van der Waals surface area contributed by atoms with Crippen molar-refractivity contribution in [3.63, 3.8) is 0 Å². The molecule has 2 fully saturated rings. The van der Waals surface area contributed by atoms with Crippen LogP contribution in [0, 0.1) is 5.92 Å². The van der Waals surface area contributed by atoms with Crippen LogP contribution in [0.1, 0.15) is 12.8 Å². The van der Waals surface area contributed by atoms with Gasteiger partial charge in [-0.05, 0) is 50.6 Å². The van der Waals surface area contributed by atoms with Crippen molar-refractivity contribution in [2.45, 2.75) is 18.9 Å². The molecule has 2 aliphatic rings. The highest BCUT2D eigenvalue weighted by Gasteiger charge is 2.39. The Morgan fingerprint density at radius 3 is 2.86 bits per heavy atom. The summed E-state index contributed by atoms with van der Waals surface area (Å²) >= 11 is 12.1. The Hall–Kier alpha value is -0.970. The number of fused-ring (bicyclic) bond motifs is 1. The van der Waals surface area contributed by atoms with Gasteiger partial charge in [-0.2, -0.15) is 0 Å². The molecule has 0 unspecified atom stereocenters. The highest BCUT2D eigenvalue weighted by atomic mass is 35.5. The zero-order valence-electron chi connectivity index (χ0n) is 12.0. The summed E-state index contributed by atoms with van der Waals surface area (Å²) in [5, 5.41) is 3.96. The van der Waals surface area contributed by atoms with E-state index in [0.717, 1.165) is 26.1 Å². The molecule has 0 spiro atoms. The van der Waals surface area contributed by atoms with Crippen LogP contribution in [-0.4, -0.2) is 48.6 Å². The first-order chi connectivity index (χ1) is 10.0. The number of likely N-dealkylation sites (tertiary alicyclic amines) is 2. The summed E-state index contributed by atoms with van der Waals surface area (Å²) in [7, 11) is 2.11. The smallest absolute Gasteiger partial charge is 0.320 e. The molecule has 0 bridgehead atoms. The topological polar surface area (TPSA) is 35.6 Å². The largest absolute Gasteiger partial charge is 0.322 e. The number of anilines is 1. The van der Waals surface area contributed by atoms with E-state index < -0.39 is 0 Å². The number of nitrogens with zero attached hydrogens (tertiary/aromatic N) is 2. The second-order valence-electron chi connectivity index (χ2n) is 5.91. The molecule has 2 saturated heterocycles. The molecular formula is C15H19Cl2N3O. The first-order valence-corrected chi connectivity index (χ1v) is 8.01. The van der Waals surface area contributed by atoms with Crippen LogP contribution in [0.4, 0.5) is 10.5 Å². The number of piperidine rings is 1. The predicted molar refractivity (Wildman–Crippen MR) is 86.2 cm³/mol. The van der Waals surface area contributed by atoms with Gasteiger partial charge in [-0.15, -0.1) is 0 Å². The van der Waals surface area contributed by atoms with Crippen molar-refractivity contribution < 1.29 is 4.79 Å². The van der Waals surface area contributed by atoms with Crippen molar-refractivity contribution in [1.82, 2.24) is 9.80 Å². The van der Waals surface area contributed by atoms with Gasteiger partial charge in [0.15, 0.2) is 0 Å². The zero-order chi connectivity index (χ0) is 15.0. The molecule has 0 saturated carbocycles. The first kappa shape index (κ1) is 14.9. The highest BCUT2D eigenvalue weighted by molar-refractivity contribution is 6.35.